The second-order valence-electron chi connectivity index (χ2n) is 5.16. The molecule has 1 fully saturated rings. The van der Waals surface area contributed by atoms with Crippen LogP contribution in [0.4, 0.5) is 4.79 Å². The van der Waals surface area contributed by atoms with E-state index in [4.69, 9.17) is 16.3 Å². The molecule has 0 unspecified atom stereocenters. The van der Waals surface area contributed by atoms with E-state index in [1.165, 1.54) is 0 Å². The molecular formula is C16H20ClN3O3. The lowest BCUT2D eigenvalue weighted by Gasteiger charge is -2.20. The second-order valence-corrected chi connectivity index (χ2v) is 5.59. The number of ether oxygens (including phenoxy) is 1. The smallest absolute Gasteiger partial charge is 0.315 e. The van der Waals surface area contributed by atoms with Crippen molar-refractivity contribution in [3.05, 3.63) is 47.5 Å². The van der Waals surface area contributed by atoms with Gasteiger partial charge in [-0.25, -0.2) is 4.79 Å². The molecule has 6 nitrogen and oxygen atoms in total. The van der Waals surface area contributed by atoms with E-state index in [1.807, 2.05) is 12.1 Å². The molecule has 1 saturated heterocycles. The second kappa shape index (κ2) is 8.55. The Morgan fingerprint density at radius 2 is 2.04 bits per heavy atom. The minimum atomic E-state index is -0.395. The van der Waals surface area contributed by atoms with Gasteiger partial charge in [0.25, 0.3) is 0 Å². The molecule has 1 aliphatic heterocycles. The molecule has 3 amide bonds. The lowest BCUT2D eigenvalue weighted by atomic mass is 10.0. The summed E-state index contributed by atoms with van der Waals surface area (Å²) in [4.78, 5) is 23.3. The van der Waals surface area contributed by atoms with Crippen LogP contribution < -0.4 is 16.0 Å². The molecule has 0 bridgehead atoms. The molecule has 23 heavy (non-hydrogen) atoms. The summed E-state index contributed by atoms with van der Waals surface area (Å²) in [5, 5.41) is 8.61. The van der Waals surface area contributed by atoms with Gasteiger partial charge in [-0.15, -0.1) is 6.58 Å². The van der Waals surface area contributed by atoms with Gasteiger partial charge in [-0.05, 0) is 24.1 Å². The fourth-order valence-corrected chi connectivity index (χ4v) is 2.47. The summed E-state index contributed by atoms with van der Waals surface area (Å²) in [6.07, 6.45) is 2.07. The van der Waals surface area contributed by atoms with E-state index in [-0.39, 0.29) is 24.6 Å². The first-order valence-corrected chi connectivity index (χ1v) is 7.77. The molecule has 1 aromatic carbocycles. The Morgan fingerprint density at radius 1 is 1.30 bits per heavy atom. The Morgan fingerprint density at radius 3 is 2.74 bits per heavy atom. The van der Waals surface area contributed by atoms with Crippen molar-refractivity contribution >= 4 is 23.5 Å². The predicted octanol–water partition coefficient (Wildman–Crippen LogP) is 1.77. The zero-order valence-corrected chi connectivity index (χ0v) is 13.4. The van der Waals surface area contributed by atoms with Gasteiger partial charge in [-0.2, -0.15) is 0 Å². The van der Waals surface area contributed by atoms with Gasteiger partial charge >= 0.3 is 6.03 Å². The topological polar surface area (TPSA) is 79.5 Å². The lowest BCUT2D eigenvalue weighted by molar-refractivity contribution is -0.119. The Bertz CT molecular complexity index is 562. The third-order valence-electron chi connectivity index (χ3n) is 3.46. The lowest BCUT2D eigenvalue weighted by Crippen LogP contribution is -2.46. The Kier molecular flexibility index (Phi) is 6.43. The molecule has 0 radical (unpaired) electrons. The van der Waals surface area contributed by atoms with Gasteiger partial charge in [0.15, 0.2) is 0 Å². The summed E-state index contributed by atoms with van der Waals surface area (Å²) < 4.78 is 5.70. The van der Waals surface area contributed by atoms with Crippen LogP contribution in [0.3, 0.4) is 0 Å². The molecule has 7 heteroatoms. The zero-order chi connectivity index (χ0) is 16.7. The largest absolute Gasteiger partial charge is 0.371 e. The number of carbonyl (C=O) groups excluding carboxylic acids is 2. The molecule has 1 heterocycles. The van der Waals surface area contributed by atoms with Crippen LogP contribution in [0.25, 0.3) is 0 Å². The molecule has 2 atom stereocenters. The van der Waals surface area contributed by atoms with E-state index in [2.05, 4.69) is 22.5 Å². The van der Waals surface area contributed by atoms with Crippen molar-refractivity contribution in [2.75, 3.05) is 19.7 Å². The summed E-state index contributed by atoms with van der Waals surface area (Å²) in [5.41, 5.74) is 0.959. The van der Waals surface area contributed by atoms with Crippen LogP contribution in [0, 0.1) is 0 Å². The first-order valence-electron chi connectivity index (χ1n) is 7.39. The highest BCUT2D eigenvalue weighted by atomic mass is 35.5. The highest BCUT2D eigenvalue weighted by Gasteiger charge is 2.30. The Hall–Kier alpha value is -2.05. The highest BCUT2D eigenvalue weighted by molar-refractivity contribution is 6.30. The number of halogens is 1. The van der Waals surface area contributed by atoms with Gasteiger partial charge in [0.1, 0.15) is 6.10 Å². The van der Waals surface area contributed by atoms with Gasteiger partial charge in [0.05, 0.1) is 12.6 Å². The van der Waals surface area contributed by atoms with E-state index in [0.29, 0.717) is 24.6 Å². The summed E-state index contributed by atoms with van der Waals surface area (Å²) in [6.45, 7) is 4.36. The molecule has 0 spiro atoms. The fourth-order valence-electron chi connectivity index (χ4n) is 2.35. The van der Waals surface area contributed by atoms with Crippen molar-refractivity contribution in [1.82, 2.24) is 16.0 Å². The average Bonchev–Trinajstić information content (AvgIpc) is 2.99. The molecule has 2 rings (SSSR count). The van der Waals surface area contributed by atoms with Crippen LogP contribution in [-0.4, -0.2) is 37.7 Å². The van der Waals surface area contributed by atoms with Gasteiger partial charge < -0.3 is 20.7 Å². The standard InChI is InChI=1S/C16H20ClN3O3/c1-2-8-18-14(21)10-19-16(22)20-13-7-9-23-15(13)11-3-5-12(17)6-4-11/h2-6,13,15H,1,7-10H2,(H,18,21)(H2,19,20,22)/t13-,15-/m0/s1. The van der Waals surface area contributed by atoms with Crippen LogP contribution in [-0.2, 0) is 9.53 Å². The molecule has 1 aromatic rings. The monoisotopic (exact) mass is 337 g/mol. The summed E-state index contributed by atoms with van der Waals surface area (Å²) >= 11 is 5.88. The van der Waals surface area contributed by atoms with E-state index in [1.54, 1.807) is 18.2 Å². The van der Waals surface area contributed by atoms with Crippen LogP contribution in [0.1, 0.15) is 18.1 Å². The molecule has 0 saturated carbocycles. The normalized spacial score (nSPS) is 19.9. The Labute approximate surface area is 140 Å². The number of amides is 3. The highest BCUT2D eigenvalue weighted by Crippen LogP contribution is 2.29. The average molecular weight is 338 g/mol. The number of hydrogen-bond donors (Lipinski definition) is 3. The number of rotatable bonds is 6. The summed E-state index contributed by atoms with van der Waals surface area (Å²) in [5.74, 6) is -0.267. The fraction of sp³-hybridized carbons (Fsp3) is 0.375. The van der Waals surface area contributed by atoms with Crippen LogP contribution in [0.2, 0.25) is 5.02 Å². The molecule has 124 valence electrons. The maximum atomic E-state index is 11.9. The number of hydrogen-bond acceptors (Lipinski definition) is 3. The van der Waals surface area contributed by atoms with Crippen molar-refractivity contribution in [3.8, 4) is 0 Å². The number of nitrogens with one attached hydrogen (secondary N) is 3. The van der Waals surface area contributed by atoms with Crippen molar-refractivity contribution in [2.24, 2.45) is 0 Å². The third-order valence-corrected chi connectivity index (χ3v) is 3.71. The zero-order valence-electron chi connectivity index (χ0n) is 12.7. The first-order chi connectivity index (χ1) is 11.1. The van der Waals surface area contributed by atoms with Gasteiger partial charge in [-0.1, -0.05) is 29.8 Å². The molecule has 0 aromatic heterocycles. The first kappa shape index (κ1) is 17.3. The van der Waals surface area contributed by atoms with Crippen LogP contribution in [0.5, 0.6) is 0 Å². The quantitative estimate of drug-likeness (QED) is 0.692. The number of benzene rings is 1. The van der Waals surface area contributed by atoms with Crippen molar-refractivity contribution < 1.29 is 14.3 Å². The van der Waals surface area contributed by atoms with E-state index < -0.39 is 6.03 Å². The maximum absolute atomic E-state index is 11.9. The van der Waals surface area contributed by atoms with Crippen molar-refractivity contribution in [3.63, 3.8) is 0 Å². The van der Waals surface area contributed by atoms with Gasteiger partial charge in [0.2, 0.25) is 5.91 Å². The molecule has 3 N–H and O–H groups in total. The maximum Gasteiger partial charge on any atom is 0.315 e. The minimum absolute atomic E-state index is 0.0845. The third kappa shape index (κ3) is 5.26. The molecule has 0 aliphatic carbocycles. The molecular weight excluding hydrogens is 318 g/mol. The van der Waals surface area contributed by atoms with E-state index in [0.717, 1.165) is 5.56 Å². The molecule has 1 aliphatic rings. The SMILES string of the molecule is C=CCNC(=O)CNC(=O)N[C@H]1CCO[C@H]1c1ccc(Cl)cc1. The van der Waals surface area contributed by atoms with E-state index in [9.17, 15) is 9.59 Å². The number of carbonyl (C=O) groups is 2. The summed E-state index contributed by atoms with van der Waals surface area (Å²) in [7, 11) is 0. The van der Waals surface area contributed by atoms with Gasteiger partial charge in [0, 0.05) is 18.2 Å². The van der Waals surface area contributed by atoms with Crippen LogP contribution in [0.15, 0.2) is 36.9 Å². The Balaban J connectivity index is 1.83. The predicted molar refractivity (Wildman–Crippen MR) is 88.3 cm³/mol. The summed E-state index contributed by atoms with van der Waals surface area (Å²) in [6, 6.07) is 6.81. The minimum Gasteiger partial charge on any atom is -0.371 e. The van der Waals surface area contributed by atoms with Crippen molar-refractivity contribution in [1.29, 1.82) is 0 Å². The van der Waals surface area contributed by atoms with Crippen molar-refractivity contribution in [2.45, 2.75) is 18.6 Å². The van der Waals surface area contributed by atoms with Crippen LogP contribution >= 0.6 is 11.6 Å². The number of urea groups is 1. The van der Waals surface area contributed by atoms with Gasteiger partial charge in [-0.3, -0.25) is 4.79 Å². The van der Waals surface area contributed by atoms with E-state index >= 15 is 0 Å².